The lowest BCUT2D eigenvalue weighted by Gasteiger charge is -2.12. The molecule has 0 bridgehead atoms. The van der Waals surface area contributed by atoms with E-state index >= 15 is 0 Å². The molecule has 0 aromatic heterocycles. The highest BCUT2D eigenvalue weighted by Gasteiger charge is 2.03. The molecule has 0 aliphatic rings. The Kier molecular flexibility index (Phi) is 10.6. The second kappa shape index (κ2) is 12.5. The highest BCUT2D eigenvalue weighted by molar-refractivity contribution is 5.39. The Bertz CT molecular complexity index is 354. The highest BCUT2D eigenvalue weighted by atomic mass is 16.5. The maximum atomic E-state index is 5.74. The first-order valence-corrected chi connectivity index (χ1v) is 7.88. The average Bonchev–Trinajstić information content (AvgIpc) is 2.52. The Morgan fingerprint density at radius 1 is 0.667 bits per heavy atom. The van der Waals surface area contributed by atoms with Crippen molar-refractivity contribution in [1.82, 2.24) is 0 Å². The van der Waals surface area contributed by atoms with Gasteiger partial charge in [0.05, 0.1) is 26.4 Å². The third-order valence-electron chi connectivity index (χ3n) is 2.72. The predicted molar refractivity (Wildman–Crippen MR) is 84.3 cm³/mol. The molecule has 0 aliphatic heterocycles. The van der Waals surface area contributed by atoms with Crippen molar-refractivity contribution in [1.29, 1.82) is 0 Å². The van der Waals surface area contributed by atoms with Gasteiger partial charge in [0.2, 0.25) is 0 Å². The fraction of sp³-hybridized carbons (Fsp3) is 0.647. The van der Waals surface area contributed by atoms with Gasteiger partial charge in [-0.25, -0.2) is 0 Å². The summed E-state index contributed by atoms with van der Waals surface area (Å²) < 4.78 is 22.2. The fourth-order valence-corrected chi connectivity index (χ4v) is 1.71. The largest absolute Gasteiger partial charge is 0.490 e. The molecule has 120 valence electrons. The number of benzene rings is 1. The molecule has 21 heavy (non-hydrogen) atoms. The van der Waals surface area contributed by atoms with E-state index in [0.29, 0.717) is 33.0 Å². The Balaban J connectivity index is 2.09. The van der Waals surface area contributed by atoms with Gasteiger partial charge >= 0.3 is 0 Å². The first kappa shape index (κ1) is 17.8. The molecule has 4 heteroatoms. The van der Waals surface area contributed by atoms with E-state index in [1.54, 1.807) is 0 Å². The zero-order chi connectivity index (χ0) is 15.2. The lowest BCUT2D eigenvalue weighted by atomic mass is 10.3. The summed E-state index contributed by atoms with van der Waals surface area (Å²) in [6.45, 7) is 8.34. The molecule has 1 aromatic carbocycles. The molecule has 1 aromatic rings. The molecule has 0 unspecified atom stereocenters. The van der Waals surface area contributed by atoms with Crippen LogP contribution in [-0.4, -0.2) is 39.6 Å². The molecule has 4 nitrogen and oxygen atoms in total. The first-order valence-electron chi connectivity index (χ1n) is 7.88. The van der Waals surface area contributed by atoms with Gasteiger partial charge in [0.25, 0.3) is 0 Å². The van der Waals surface area contributed by atoms with Crippen LogP contribution in [-0.2, 0) is 9.47 Å². The van der Waals surface area contributed by atoms with Crippen LogP contribution in [0.5, 0.6) is 11.5 Å². The van der Waals surface area contributed by atoms with Gasteiger partial charge in [-0.2, -0.15) is 0 Å². The van der Waals surface area contributed by atoms with Crippen LogP contribution in [0.4, 0.5) is 0 Å². The van der Waals surface area contributed by atoms with Crippen LogP contribution >= 0.6 is 0 Å². The second-order valence-electron chi connectivity index (χ2n) is 4.72. The molecular weight excluding hydrogens is 268 g/mol. The minimum absolute atomic E-state index is 0.627. The molecule has 0 saturated heterocycles. The van der Waals surface area contributed by atoms with E-state index in [0.717, 1.165) is 37.4 Å². The number of hydrogen-bond acceptors (Lipinski definition) is 4. The van der Waals surface area contributed by atoms with Crippen LogP contribution in [0.1, 0.15) is 33.1 Å². The Hall–Kier alpha value is -1.26. The summed E-state index contributed by atoms with van der Waals surface area (Å²) in [5, 5.41) is 0. The monoisotopic (exact) mass is 296 g/mol. The summed E-state index contributed by atoms with van der Waals surface area (Å²) in [5.41, 5.74) is 0. The van der Waals surface area contributed by atoms with Gasteiger partial charge in [-0.15, -0.1) is 0 Å². The average molecular weight is 296 g/mol. The van der Waals surface area contributed by atoms with E-state index in [2.05, 4.69) is 13.8 Å². The molecule has 0 N–H and O–H groups in total. The summed E-state index contributed by atoms with van der Waals surface area (Å²) in [6, 6.07) is 7.78. The van der Waals surface area contributed by atoms with Crippen molar-refractivity contribution in [2.75, 3.05) is 39.6 Å². The van der Waals surface area contributed by atoms with Gasteiger partial charge in [-0.05, 0) is 25.0 Å². The predicted octanol–water partition coefficient (Wildman–Crippen LogP) is 3.69. The van der Waals surface area contributed by atoms with Crippen molar-refractivity contribution in [2.24, 2.45) is 0 Å². The maximum absolute atomic E-state index is 5.74. The van der Waals surface area contributed by atoms with Gasteiger partial charge in [-0.3, -0.25) is 0 Å². The molecule has 0 spiro atoms. The van der Waals surface area contributed by atoms with E-state index in [4.69, 9.17) is 18.9 Å². The van der Waals surface area contributed by atoms with E-state index in [1.807, 2.05) is 24.3 Å². The van der Waals surface area contributed by atoms with E-state index in [9.17, 15) is 0 Å². The zero-order valence-electron chi connectivity index (χ0n) is 13.3. The number of rotatable bonds is 13. The number of hydrogen-bond donors (Lipinski definition) is 0. The summed E-state index contributed by atoms with van der Waals surface area (Å²) in [4.78, 5) is 0. The van der Waals surface area contributed by atoms with Crippen molar-refractivity contribution >= 4 is 0 Å². The van der Waals surface area contributed by atoms with E-state index in [1.165, 1.54) is 0 Å². The molecule has 0 atom stereocenters. The number of ether oxygens (including phenoxy) is 4. The van der Waals surface area contributed by atoms with Gasteiger partial charge in [0.1, 0.15) is 0 Å². The second-order valence-corrected chi connectivity index (χ2v) is 4.72. The van der Waals surface area contributed by atoms with Crippen LogP contribution in [0.25, 0.3) is 0 Å². The van der Waals surface area contributed by atoms with Gasteiger partial charge in [-0.1, -0.05) is 26.0 Å². The topological polar surface area (TPSA) is 36.9 Å². The van der Waals surface area contributed by atoms with Crippen molar-refractivity contribution in [2.45, 2.75) is 33.1 Å². The van der Waals surface area contributed by atoms with Crippen molar-refractivity contribution in [3.05, 3.63) is 24.3 Å². The SMILES string of the molecule is CCCOCCOCCCOc1ccccc1OCCC. The summed E-state index contributed by atoms with van der Waals surface area (Å²) in [5.74, 6) is 1.62. The lowest BCUT2D eigenvalue weighted by molar-refractivity contribution is 0.0437. The van der Waals surface area contributed by atoms with Crippen LogP contribution in [0.15, 0.2) is 24.3 Å². The zero-order valence-corrected chi connectivity index (χ0v) is 13.3. The van der Waals surface area contributed by atoms with Crippen LogP contribution in [0.2, 0.25) is 0 Å². The van der Waals surface area contributed by atoms with Crippen molar-refractivity contribution < 1.29 is 18.9 Å². The molecule has 0 radical (unpaired) electrons. The lowest BCUT2D eigenvalue weighted by Crippen LogP contribution is -2.08. The Morgan fingerprint density at radius 3 is 1.86 bits per heavy atom. The molecule has 0 heterocycles. The molecule has 0 fully saturated rings. The quantitative estimate of drug-likeness (QED) is 0.520. The van der Waals surface area contributed by atoms with E-state index < -0.39 is 0 Å². The van der Waals surface area contributed by atoms with Crippen LogP contribution < -0.4 is 9.47 Å². The van der Waals surface area contributed by atoms with E-state index in [-0.39, 0.29) is 0 Å². The minimum atomic E-state index is 0.627. The molecule has 0 amide bonds. The van der Waals surface area contributed by atoms with Crippen LogP contribution in [0, 0.1) is 0 Å². The third-order valence-corrected chi connectivity index (χ3v) is 2.72. The smallest absolute Gasteiger partial charge is 0.161 e. The summed E-state index contributed by atoms with van der Waals surface area (Å²) in [7, 11) is 0. The standard InChI is InChI=1S/C17H28O4/c1-3-10-18-14-15-19-12-7-13-21-17-9-6-5-8-16(17)20-11-4-2/h5-6,8-9H,3-4,7,10-15H2,1-2H3. The van der Waals surface area contributed by atoms with Crippen molar-refractivity contribution in [3.8, 4) is 11.5 Å². The van der Waals surface area contributed by atoms with Gasteiger partial charge in [0.15, 0.2) is 11.5 Å². The maximum Gasteiger partial charge on any atom is 0.161 e. The highest BCUT2D eigenvalue weighted by Crippen LogP contribution is 2.26. The Labute approximate surface area is 128 Å². The summed E-state index contributed by atoms with van der Waals surface area (Å²) in [6.07, 6.45) is 2.89. The number of para-hydroxylation sites is 2. The first-order chi connectivity index (χ1) is 10.4. The summed E-state index contributed by atoms with van der Waals surface area (Å²) >= 11 is 0. The molecular formula is C17H28O4. The van der Waals surface area contributed by atoms with Gasteiger partial charge < -0.3 is 18.9 Å². The normalized spacial score (nSPS) is 10.6. The molecule has 0 aliphatic carbocycles. The van der Waals surface area contributed by atoms with Crippen LogP contribution in [0.3, 0.4) is 0 Å². The van der Waals surface area contributed by atoms with Crippen molar-refractivity contribution in [3.63, 3.8) is 0 Å². The minimum Gasteiger partial charge on any atom is -0.490 e. The molecule has 0 saturated carbocycles. The molecule has 1 rings (SSSR count). The third kappa shape index (κ3) is 8.58. The fourth-order valence-electron chi connectivity index (χ4n) is 1.71. The Morgan fingerprint density at radius 2 is 1.24 bits per heavy atom. The van der Waals surface area contributed by atoms with Gasteiger partial charge in [0, 0.05) is 19.6 Å².